The van der Waals surface area contributed by atoms with E-state index in [1.165, 1.54) is 0 Å². The smallest absolute Gasteiger partial charge is 0.326 e. The maximum Gasteiger partial charge on any atom is 0.326 e. The number of thiol groups is 1. The van der Waals surface area contributed by atoms with Crippen LogP contribution in [0.15, 0.2) is 4.99 Å². The Morgan fingerprint density at radius 1 is 1.00 bits per heavy atom. The fraction of sp³-hybridized carbons (Fsp3) is 0.684. The van der Waals surface area contributed by atoms with E-state index in [-0.39, 0.29) is 43.4 Å². The Morgan fingerprint density at radius 2 is 1.65 bits per heavy atom. The molecule has 1 saturated heterocycles. The molecule has 4 atom stereocenters. The molecule has 1 aliphatic rings. The van der Waals surface area contributed by atoms with Gasteiger partial charge in [-0.3, -0.25) is 24.2 Å². The van der Waals surface area contributed by atoms with Gasteiger partial charge in [0.1, 0.15) is 18.1 Å². The summed E-state index contributed by atoms with van der Waals surface area (Å²) in [6.07, 6.45) is 0.983. The molecule has 0 aromatic rings. The number of aliphatic imine (C=N–C) groups is 1. The third-order valence-electron chi connectivity index (χ3n) is 5.03. The second-order valence-electron chi connectivity index (χ2n) is 7.73. The average Bonchev–Trinajstić information content (AvgIpc) is 3.31. The van der Waals surface area contributed by atoms with Crippen LogP contribution < -0.4 is 32.7 Å². The topological polar surface area (TPSA) is 238 Å². The summed E-state index contributed by atoms with van der Waals surface area (Å²) >= 11 is 4.11. The van der Waals surface area contributed by atoms with Crippen LogP contribution in [0.4, 0.5) is 0 Å². The Labute approximate surface area is 202 Å². The van der Waals surface area contributed by atoms with Gasteiger partial charge in [-0.05, 0) is 38.6 Å². The van der Waals surface area contributed by atoms with Gasteiger partial charge in [-0.2, -0.15) is 12.6 Å². The highest BCUT2D eigenvalue weighted by molar-refractivity contribution is 7.80. The van der Waals surface area contributed by atoms with Crippen molar-refractivity contribution in [3.63, 3.8) is 0 Å². The van der Waals surface area contributed by atoms with Gasteiger partial charge in [0.25, 0.3) is 0 Å². The summed E-state index contributed by atoms with van der Waals surface area (Å²) in [7, 11) is 0. The minimum atomic E-state index is -1.46. The molecule has 0 aromatic heterocycles. The van der Waals surface area contributed by atoms with E-state index in [9.17, 15) is 29.1 Å². The number of nitrogens with one attached hydrogen (secondary N) is 4. The van der Waals surface area contributed by atoms with Crippen molar-refractivity contribution in [2.24, 2.45) is 16.5 Å². The van der Waals surface area contributed by atoms with Crippen LogP contribution in [0.25, 0.3) is 0 Å². The van der Waals surface area contributed by atoms with Crippen LogP contribution in [-0.2, 0) is 24.0 Å². The van der Waals surface area contributed by atoms with Gasteiger partial charge in [0.15, 0.2) is 5.96 Å². The molecule has 0 radical (unpaired) electrons. The molecule has 4 unspecified atom stereocenters. The molecule has 1 heterocycles. The van der Waals surface area contributed by atoms with Gasteiger partial charge in [0.05, 0.1) is 6.04 Å². The molecule has 0 spiro atoms. The molecule has 1 aliphatic heterocycles. The van der Waals surface area contributed by atoms with E-state index >= 15 is 0 Å². The van der Waals surface area contributed by atoms with Crippen molar-refractivity contribution in [2.75, 3.05) is 18.8 Å². The fourth-order valence-electron chi connectivity index (χ4n) is 3.22. The van der Waals surface area contributed by atoms with Crippen LogP contribution in [0.3, 0.4) is 0 Å². The molecule has 15 heteroatoms. The van der Waals surface area contributed by atoms with Crippen LogP contribution >= 0.6 is 12.6 Å². The molecule has 1 fully saturated rings. The van der Waals surface area contributed by atoms with Crippen LogP contribution in [0.2, 0.25) is 0 Å². The first-order valence-electron chi connectivity index (χ1n) is 10.8. The zero-order valence-electron chi connectivity index (χ0n) is 18.7. The highest BCUT2D eigenvalue weighted by Crippen LogP contribution is 2.07. The molecule has 192 valence electrons. The van der Waals surface area contributed by atoms with E-state index in [0.29, 0.717) is 13.0 Å². The van der Waals surface area contributed by atoms with Crippen LogP contribution in [0.1, 0.15) is 38.5 Å². The predicted molar refractivity (Wildman–Crippen MR) is 125 cm³/mol. The van der Waals surface area contributed by atoms with E-state index in [4.69, 9.17) is 16.6 Å². The number of carbonyl (C=O) groups excluding carboxylic acids is 3. The predicted octanol–water partition coefficient (Wildman–Crippen LogP) is -2.87. The van der Waals surface area contributed by atoms with Crippen molar-refractivity contribution in [1.82, 2.24) is 21.3 Å². The summed E-state index contributed by atoms with van der Waals surface area (Å²) < 4.78 is 0. The second kappa shape index (κ2) is 15.0. The Balaban J connectivity index is 2.86. The van der Waals surface area contributed by atoms with E-state index in [0.717, 1.165) is 6.42 Å². The first-order chi connectivity index (χ1) is 16.0. The molecule has 3 amide bonds. The summed E-state index contributed by atoms with van der Waals surface area (Å²) in [5.74, 6) is -4.68. The lowest BCUT2D eigenvalue weighted by Crippen LogP contribution is -2.57. The van der Waals surface area contributed by atoms with Crippen LogP contribution in [0, 0.1) is 0 Å². The summed E-state index contributed by atoms with van der Waals surface area (Å²) in [5, 5.41) is 28.5. The zero-order valence-corrected chi connectivity index (χ0v) is 19.6. The summed E-state index contributed by atoms with van der Waals surface area (Å²) in [4.78, 5) is 63.9. The maximum atomic E-state index is 12.8. The third-order valence-corrected chi connectivity index (χ3v) is 5.40. The van der Waals surface area contributed by atoms with Gasteiger partial charge >= 0.3 is 11.9 Å². The molecule has 1 rings (SSSR count). The molecule has 0 saturated carbocycles. The number of aliphatic carboxylic acids is 2. The van der Waals surface area contributed by atoms with Gasteiger partial charge in [0.2, 0.25) is 17.7 Å². The Hall–Kier alpha value is -3.07. The lowest BCUT2D eigenvalue weighted by atomic mass is 10.1. The average molecular weight is 504 g/mol. The zero-order chi connectivity index (χ0) is 25.7. The standard InChI is InChI=1S/C19H33N7O7S/c20-19(21)23-8-2-4-11(16(30)25-12(18(32)33)5-6-14(27)28)24-17(31)13(9-34)26-15(29)10-3-1-7-22-10/h10-13,22,34H,1-9H2,(H,24,31)(H,25,30)(H,26,29)(H,27,28)(H,32,33)(H4,20,21,23). The molecule has 10 N–H and O–H groups in total. The summed E-state index contributed by atoms with van der Waals surface area (Å²) in [6.45, 7) is 0.851. The van der Waals surface area contributed by atoms with Crippen LogP contribution in [-0.4, -0.2) is 88.8 Å². The first-order valence-corrected chi connectivity index (χ1v) is 11.4. The van der Waals surface area contributed by atoms with Gasteiger partial charge in [-0.25, -0.2) is 4.79 Å². The Bertz CT molecular complexity index is 770. The van der Waals surface area contributed by atoms with E-state index < -0.39 is 54.3 Å². The minimum Gasteiger partial charge on any atom is -0.481 e. The Morgan fingerprint density at radius 3 is 2.18 bits per heavy atom. The first kappa shape index (κ1) is 29.0. The number of carboxylic acids is 2. The minimum absolute atomic E-state index is 0.0387. The quantitative estimate of drug-likeness (QED) is 0.0479. The summed E-state index contributed by atoms with van der Waals surface area (Å²) in [6, 6.07) is -4.10. The largest absolute Gasteiger partial charge is 0.481 e. The van der Waals surface area contributed by atoms with Crippen molar-refractivity contribution in [1.29, 1.82) is 0 Å². The van der Waals surface area contributed by atoms with Crippen molar-refractivity contribution < 1.29 is 34.2 Å². The second-order valence-corrected chi connectivity index (χ2v) is 8.10. The molecule has 14 nitrogen and oxygen atoms in total. The highest BCUT2D eigenvalue weighted by Gasteiger charge is 2.31. The lowest BCUT2D eigenvalue weighted by Gasteiger charge is -2.24. The number of hydrogen-bond acceptors (Lipinski definition) is 8. The molecular formula is C19H33N7O7S. The third kappa shape index (κ3) is 10.7. The van der Waals surface area contributed by atoms with E-state index in [2.05, 4.69) is 38.9 Å². The maximum absolute atomic E-state index is 12.8. The molecule has 0 aliphatic carbocycles. The van der Waals surface area contributed by atoms with Crippen molar-refractivity contribution >= 4 is 48.2 Å². The van der Waals surface area contributed by atoms with Gasteiger partial charge in [-0.1, -0.05) is 0 Å². The van der Waals surface area contributed by atoms with Gasteiger partial charge in [0, 0.05) is 18.7 Å². The number of nitrogens with two attached hydrogens (primary N) is 2. The van der Waals surface area contributed by atoms with Gasteiger partial charge in [-0.15, -0.1) is 0 Å². The fourth-order valence-corrected chi connectivity index (χ4v) is 3.47. The van der Waals surface area contributed by atoms with Gasteiger partial charge < -0.3 is 42.9 Å². The highest BCUT2D eigenvalue weighted by atomic mass is 32.1. The number of carbonyl (C=O) groups is 5. The van der Waals surface area contributed by atoms with Crippen molar-refractivity contribution in [2.45, 2.75) is 62.7 Å². The van der Waals surface area contributed by atoms with E-state index in [1.54, 1.807) is 0 Å². The number of carboxylic acid groups (broad SMARTS) is 2. The molecule has 34 heavy (non-hydrogen) atoms. The number of guanidine groups is 1. The monoisotopic (exact) mass is 503 g/mol. The van der Waals surface area contributed by atoms with Crippen molar-refractivity contribution in [3.8, 4) is 0 Å². The number of rotatable bonds is 15. The lowest BCUT2D eigenvalue weighted by molar-refractivity contribution is -0.143. The summed E-state index contributed by atoms with van der Waals surface area (Å²) in [5.41, 5.74) is 10.5. The molecular weight excluding hydrogens is 470 g/mol. The molecule has 0 aromatic carbocycles. The SMILES string of the molecule is NC(N)=NCCCC(NC(=O)C(CS)NC(=O)C1CCCN1)C(=O)NC(CCC(=O)O)C(=O)O. The number of amides is 3. The van der Waals surface area contributed by atoms with E-state index in [1.807, 2.05) is 0 Å². The van der Waals surface area contributed by atoms with Crippen LogP contribution in [0.5, 0.6) is 0 Å². The van der Waals surface area contributed by atoms with Crippen molar-refractivity contribution in [3.05, 3.63) is 0 Å². The Kier molecular flexibility index (Phi) is 12.7. The normalized spacial score (nSPS) is 17.6. The number of hydrogen-bond donors (Lipinski definition) is 9. The number of nitrogens with zero attached hydrogens (tertiary/aromatic N) is 1. The molecule has 0 bridgehead atoms.